The summed E-state index contributed by atoms with van der Waals surface area (Å²) < 4.78 is 6.08. The zero-order chi connectivity index (χ0) is 14.1. The summed E-state index contributed by atoms with van der Waals surface area (Å²) in [6.07, 6.45) is 6.00. The van der Waals surface area contributed by atoms with Gasteiger partial charge in [0, 0.05) is 34.4 Å². The van der Waals surface area contributed by atoms with Gasteiger partial charge < -0.3 is 4.74 Å². The molecule has 4 heteroatoms. The summed E-state index contributed by atoms with van der Waals surface area (Å²) in [7, 11) is 1.63. The third-order valence-corrected chi connectivity index (χ3v) is 4.03. The summed E-state index contributed by atoms with van der Waals surface area (Å²) in [4.78, 5) is 16.4. The number of benzene rings is 1. The van der Waals surface area contributed by atoms with Crippen molar-refractivity contribution in [1.82, 2.24) is 4.98 Å². The van der Waals surface area contributed by atoms with E-state index < -0.39 is 0 Å². The van der Waals surface area contributed by atoms with E-state index in [2.05, 4.69) is 20.9 Å². The van der Waals surface area contributed by atoms with Crippen LogP contribution in [0.1, 0.15) is 21.5 Å². The molecule has 0 aliphatic heterocycles. The Morgan fingerprint density at radius 3 is 2.95 bits per heavy atom. The Morgan fingerprint density at radius 1 is 1.35 bits per heavy atom. The van der Waals surface area contributed by atoms with Gasteiger partial charge in [0.05, 0.1) is 7.11 Å². The van der Waals surface area contributed by atoms with Gasteiger partial charge in [0.1, 0.15) is 5.75 Å². The number of nitrogens with zero attached hydrogens (tertiary/aromatic N) is 1. The summed E-state index contributed by atoms with van der Waals surface area (Å²) in [5.41, 5.74) is 3.54. The van der Waals surface area contributed by atoms with Gasteiger partial charge in [-0.25, -0.2) is 0 Å². The second-order valence-corrected chi connectivity index (χ2v) is 5.45. The van der Waals surface area contributed by atoms with E-state index in [0.717, 1.165) is 32.5 Å². The number of hydrogen-bond donors (Lipinski definition) is 0. The lowest BCUT2D eigenvalue weighted by Gasteiger charge is -2.01. The Morgan fingerprint density at radius 2 is 2.20 bits per heavy atom. The molecule has 0 amide bonds. The summed E-state index contributed by atoms with van der Waals surface area (Å²) in [5.74, 6) is 0.870. The average molecular weight is 330 g/mol. The maximum Gasteiger partial charge on any atom is 0.189 e. The van der Waals surface area contributed by atoms with Crippen LogP contribution in [-0.4, -0.2) is 17.9 Å². The first-order valence-corrected chi connectivity index (χ1v) is 7.00. The highest BCUT2D eigenvalue weighted by Crippen LogP contribution is 2.31. The zero-order valence-corrected chi connectivity index (χ0v) is 12.5. The maximum atomic E-state index is 12.4. The number of aromatic nitrogens is 1. The number of Topliss-reactive ketones (excluding diaryl/α,β-unsaturated/α-hetero) is 1. The number of rotatable bonds is 2. The van der Waals surface area contributed by atoms with E-state index in [1.54, 1.807) is 19.5 Å². The van der Waals surface area contributed by atoms with E-state index >= 15 is 0 Å². The van der Waals surface area contributed by atoms with Crippen molar-refractivity contribution in [3.63, 3.8) is 0 Å². The molecular formula is C16H12BrNO2. The molecule has 20 heavy (non-hydrogen) atoms. The Labute approximate surface area is 125 Å². The van der Waals surface area contributed by atoms with E-state index in [-0.39, 0.29) is 5.78 Å². The lowest BCUT2D eigenvalue weighted by molar-refractivity contribution is 0.104. The van der Waals surface area contributed by atoms with Gasteiger partial charge in [-0.05, 0) is 57.4 Å². The third-order valence-electron chi connectivity index (χ3n) is 3.36. The fourth-order valence-corrected chi connectivity index (χ4v) is 2.70. The molecule has 0 fully saturated rings. The first kappa shape index (κ1) is 13.1. The number of pyridine rings is 1. The Bertz CT molecular complexity index is 722. The molecule has 1 aliphatic carbocycles. The van der Waals surface area contributed by atoms with Gasteiger partial charge in [0.15, 0.2) is 5.78 Å². The predicted molar refractivity (Wildman–Crippen MR) is 80.9 cm³/mol. The quantitative estimate of drug-likeness (QED) is 0.789. The van der Waals surface area contributed by atoms with Crippen molar-refractivity contribution in [1.29, 1.82) is 0 Å². The second kappa shape index (κ2) is 5.21. The molecule has 100 valence electrons. The summed E-state index contributed by atoms with van der Waals surface area (Å²) in [5, 5.41) is 0. The monoisotopic (exact) mass is 329 g/mol. The molecular weight excluding hydrogens is 318 g/mol. The molecule has 0 spiro atoms. The molecule has 0 radical (unpaired) electrons. The molecule has 1 aromatic heterocycles. The van der Waals surface area contributed by atoms with Crippen molar-refractivity contribution >= 4 is 27.8 Å². The van der Waals surface area contributed by atoms with Crippen molar-refractivity contribution in [2.24, 2.45) is 0 Å². The number of carbonyl (C=O) groups excluding carboxylic acids is 1. The number of allylic oxidation sites excluding steroid dienone is 1. The highest BCUT2D eigenvalue weighted by atomic mass is 79.9. The molecule has 0 atom stereocenters. The maximum absolute atomic E-state index is 12.4. The lowest BCUT2D eigenvalue weighted by atomic mass is 10.1. The van der Waals surface area contributed by atoms with Gasteiger partial charge in [-0.3, -0.25) is 9.78 Å². The van der Waals surface area contributed by atoms with Gasteiger partial charge in [-0.2, -0.15) is 0 Å². The van der Waals surface area contributed by atoms with Crippen LogP contribution in [0.3, 0.4) is 0 Å². The van der Waals surface area contributed by atoms with Crippen LogP contribution >= 0.6 is 15.9 Å². The molecule has 0 unspecified atom stereocenters. The molecule has 3 rings (SSSR count). The number of hydrogen-bond acceptors (Lipinski definition) is 3. The first-order chi connectivity index (χ1) is 9.69. The van der Waals surface area contributed by atoms with Gasteiger partial charge in [0.2, 0.25) is 0 Å². The van der Waals surface area contributed by atoms with Crippen LogP contribution in [0.25, 0.3) is 6.08 Å². The smallest absolute Gasteiger partial charge is 0.189 e. The highest BCUT2D eigenvalue weighted by molar-refractivity contribution is 9.10. The van der Waals surface area contributed by atoms with Crippen molar-refractivity contribution in [2.45, 2.75) is 6.42 Å². The number of methoxy groups -OCH3 is 1. The summed E-state index contributed by atoms with van der Waals surface area (Å²) >= 11 is 3.44. The normalized spacial score (nSPS) is 15.5. The number of ether oxygens (including phenoxy) is 1. The lowest BCUT2D eigenvalue weighted by Crippen LogP contribution is -1.95. The largest absolute Gasteiger partial charge is 0.497 e. The predicted octanol–water partition coefficient (Wildman–Crippen LogP) is 3.68. The van der Waals surface area contributed by atoms with Gasteiger partial charge in [-0.1, -0.05) is 0 Å². The third kappa shape index (κ3) is 2.27. The molecule has 0 saturated carbocycles. The highest BCUT2D eigenvalue weighted by Gasteiger charge is 2.25. The molecule has 1 aromatic carbocycles. The summed E-state index contributed by atoms with van der Waals surface area (Å²) in [6, 6.07) is 7.46. The minimum absolute atomic E-state index is 0.0892. The number of ketones is 1. The second-order valence-electron chi connectivity index (χ2n) is 4.60. The molecule has 3 nitrogen and oxygen atoms in total. The van der Waals surface area contributed by atoms with Crippen molar-refractivity contribution in [2.75, 3.05) is 7.11 Å². The van der Waals surface area contributed by atoms with Crippen LogP contribution in [0, 0.1) is 0 Å². The van der Waals surface area contributed by atoms with E-state index in [1.807, 2.05) is 30.3 Å². The van der Waals surface area contributed by atoms with Gasteiger partial charge >= 0.3 is 0 Å². The van der Waals surface area contributed by atoms with Crippen molar-refractivity contribution < 1.29 is 9.53 Å². The molecule has 2 aromatic rings. The van der Waals surface area contributed by atoms with Crippen LogP contribution in [0.4, 0.5) is 0 Å². The minimum Gasteiger partial charge on any atom is -0.497 e. The fourth-order valence-electron chi connectivity index (χ4n) is 2.33. The minimum atomic E-state index is 0.0892. The molecule has 0 saturated heterocycles. The van der Waals surface area contributed by atoms with Gasteiger partial charge in [-0.15, -0.1) is 0 Å². The number of halogens is 1. The summed E-state index contributed by atoms with van der Waals surface area (Å²) in [6.45, 7) is 0. The first-order valence-electron chi connectivity index (χ1n) is 6.21. The van der Waals surface area contributed by atoms with E-state index in [4.69, 9.17) is 4.74 Å². The number of fused-ring (bicyclic) bond motifs is 1. The van der Waals surface area contributed by atoms with Crippen LogP contribution < -0.4 is 4.74 Å². The molecule has 0 N–H and O–H groups in total. The Kier molecular flexibility index (Phi) is 3.40. The van der Waals surface area contributed by atoms with E-state index in [1.165, 1.54) is 0 Å². The molecule has 1 heterocycles. The van der Waals surface area contributed by atoms with Crippen molar-refractivity contribution in [3.05, 3.63) is 63.4 Å². The molecule has 1 aliphatic rings. The van der Waals surface area contributed by atoms with Crippen LogP contribution in [0.2, 0.25) is 0 Å². The zero-order valence-electron chi connectivity index (χ0n) is 10.9. The van der Waals surface area contributed by atoms with E-state index in [0.29, 0.717) is 6.42 Å². The van der Waals surface area contributed by atoms with Crippen LogP contribution in [0.15, 0.2) is 46.7 Å². The molecule has 0 bridgehead atoms. The van der Waals surface area contributed by atoms with Gasteiger partial charge in [0.25, 0.3) is 0 Å². The average Bonchev–Trinajstić information content (AvgIpc) is 2.77. The number of carbonyl (C=O) groups is 1. The standard InChI is InChI=1S/C16H12BrNO2/c1-20-13-2-3-14-11(8-13)7-12(16(14)19)6-10-4-5-18-9-15(10)17/h2-6,8-9H,7H2,1H3. The topological polar surface area (TPSA) is 39.2 Å². The van der Waals surface area contributed by atoms with Crippen molar-refractivity contribution in [3.8, 4) is 5.75 Å². The Hall–Kier alpha value is -1.94. The SMILES string of the molecule is COc1ccc2c(c1)CC(=Cc1ccncc1Br)C2=O. The Balaban J connectivity index is 1.99. The van der Waals surface area contributed by atoms with Crippen LogP contribution in [0.5, 0.6) is 5.75 Å². The van der Waals surface area contributed by atoms with Crippen LogP contribution in [-0.2, 0) is 6.42 Å². The van der Waals surface area contributed by atoms with E-state index in [9.17, 15) is 4.79 Å². The fraction of sp³-hybridized carbons (Fsp3) is 0.125.